The molecule has 5 unspecified atom stereocenters. The van der Waals surface area contributed by atoms with Crippen LogP contribution < -0.4 is 10.6 Å². The van der Waals surface area contributed by atoms with Gasteiger partial charge >= 0.3 is 0 Å². The number of morpholine rings is 1. The molecule has 1 saturated carbocycles. The summed E-state index contributed by atoms with van der Waals surface area (Å²) in [5, 5.41) is 6.34. The molecule has 6 rings (SSSR count). The van der Waals surface area contributed by atoms with Gasteiger partial charge in [0.15, 0.2) is 0 Å². The standard InChI is InChI=1S/C32H44N4O5/c1-20(2)22-8-10-23(11-9-22)33-29(37)26-25-12-13-32(41-25)27(26)31(39)36(15-14-35-16-18-40-19-17-35)28(32)30(38)34-24-7-5-4-6-21(24)3/h8-13,20-21,24-28H,4-7,14-19H2,1-3H3,(H,33,37)(H,34,38)/t21?,24?,25-,26?,27-,28?,32?/m0/s1. The highest BCUT2D eigenvalue weighted by molar-refractivity contribution is 6.02. The van der Waals surface area contributed by atoms with E-state index in [0.29, 0.717) is 43.8 Å². The second kappa shape index (κ2) is 11.5. The number of carbonyl (C=O) groups excluding carboxylic acids is 3. The Hall–Kier alpha value is -2.75. The van der Waals surface area contributed by atoms with Crippen LogP contribution in [0, 0.1) is 17.8 Å². The first-order valence-electron chi connectivity index (χ1n) is 15.5. The van der Waals surface area contributed by atoms with Gasteiger partial charge in [0.2, 0.25) is 17.7 Å². The molecule has 5 aliphatic rings. The fourth-order valence-electron chi connectivity index (χ4n) is 7.55. The molecule has 41 heavy (non-hydrogen) atoms. The minimum atomic E-state index is -1.14. The number of hydrogen-bond donors (Lipinski definition) is 2. The van der Waals surface area contributed by atoms with E-state index in [1.165, 1.54) is 12.0 Å². The van der Waals surface area contributed by atoms with Crippen LogP contribution in [0.15, 0.2) is 36.4 Å². The van der Waals surface area contributed by atoms with Crippen LogP contribution in [0.3, 0.4) is 0 Å². The Kier molecular flexibility index (Phi) is 7.96. The zero-order chi connectivity index (χ0) is 28.7. The van der Waals surface area contributed by atoms with E-state index in [4.69, 9.17) is 9.47 Å². The van der Waals surface area contributed by atoms with Gasteiger partial charge in [0.1, 0.15) is 11.6 Å². The van der Waals surface area contributed by atoms with Gasteiger partial charge in [-0.3, -0.25) is 19.3 Å². The minimum absolute atomic E-state index is 0.0818. The van der Waals surface area contributed by atoms with Crippen LogP contribution in [0.2, 0.25) is 0 Å². The quantitative estimate of drug-likeness (QED) is 0.471. The number of carbonyl (C=O) groups is 3. The van der Waals surface area contributed by atoms with Crippen LogP contribution in [0.4, 0.5) is 5.69 Å². The summed E-state index contributed by atoms with van der Waals surface area (Å²) in [7, 11) is 0. The van der Waals surface area contributed by atoms with E-state index in [9.17, 15) is 14.4 Å². The molecular weight excluding hydrogens is 520 g/mol. The number of benzene rings is 1. The van der Waals surface area contributed by atoms with E-state index in [1.807, 2.05) is 36.4 Å². The average Bonchev–Trinajstić information content (AvgIpc) is 3.61. The number of hydrogen-bond acceptors (Lipinski definition) is 6. The summed E-state index contributed by atoms with van der Waals surface area (Å²) in [5.41, 5.74) is 0.740. The smallest absolute Gasteiger partial charge is 0.246 e. The molecule has 4 fully saturated rings. The maximum atomic E-state index is 14.2. The topological polar surface area (TPSA) is 100 Å². The first-order chi connectivity index (χ1) is 19.8. The third-order valence-electron chi connectivity index (χ3n) is 9.97. The minimum Gasteiger partial charge on any atom is -0.379 e. The zero-order valence-corrected chi connectivity index (χ0v) is 24.5. The lowest BCUT2D eigenvalue weighted by atomic mass is 9.74. The van der Waals surface area contributed by atoms with Crippen molar-refractivity contribution in [3.63, 3.8) is 0 Å². The normalized spacial score (nSPS) is 34.7. The largest absolute Gasteiger partial charge is 0.379 e. The Morgan fingerprint density at radius 3 is 2.49 bits per heavy atom. The molecule has 1 spiro atoms. The molecule has 3 saturated heterocycles. The molecule has 9 heteroatoms. The van der Waals surface area contributed by atoms with Crippen LogP contribution in [0.1, 0.15) is 57.9 Å². The monoisotopic (exact) mass is 564 g/mol. The highest BCUT2D eigenvalue weighted by Gasteiger charge is 2.72. The van der Waals surface area contributed by atoms with Gasteiger partial charge in [0, 0.05) is 37.9 Å². The fourth-order valence-corrected chi connectivity index (χ4v) is 7.55. The van der Waals surface area contributed by atoms with Gasteiger partial charge in [-0.25, -0.2) is 0 Å². The van der Waals surface area contributed by atoms with Crippen molar-refractivity contribution in [3.8, 4) is 0 Å². The highest BCUT2D eigenvalue weighted by Crippen LogP contribution is 2.55. The third-order valence-corrected chi connectivity index (χ3v) is 9.97. The number of fused-ring (bicyclic) bond motifs is 1. The summed E-state index contributed by atoms with van der Waals surface area (Å²) in [6, 6.07) is 7.11. The van der Waals surface area contributed by atoms with Crippen molar-refractivity contribution in [3.05, 3.63) is 42.0 Å². The first-order valence-corrected chi connectivity index (χ1v) is 15.5. The summed E-state index contributed by atoms with van der Waals surface area (Å²) in [6.07, 6.45) is 7.53. The number of nitrogens with zero attached hydrogens (tertiary/aromatic N) is 2. The Morgan fingerprint density at radius 2 is 1.78 bits per heavy atom. The van der Waals surface area contributed by atoms with Crippen molar-refractivity contribution < 1.29 is 23.9 Å². The predicted molar refractivity (Wildman–Crippen MR) is 155 cm³/mol. The summed E-state index contributed by atoms with van der Waals surface area (Å²) in [6.45, 7) is 10.4. The average molecular weight is 565 g/mol. The lowest BCUT2D eigenvalue weighted by Gasteiger charge is -2.36. The molecule has 9 nitrogen and oxygen atoms in total. The van der Waals surface area contributed by atoms with Gasteiger partial charge in [-0.15, -0.1) is 0 Å². The van der Waals surface area contributed by atoms with Gasteiger partial charge in [-0.1, -0.05) is 57.9 Å². The molecule has 1 aliphatic carbocycles. The number of anilines is 1. The first kappa shape index (κ1) is 28.4. The molecule has 2 bridgehead atoms. The summed E-state index contributed by atoms with van der Waals surface area (Å²) in [5.74, 6) is -1.24. The predicted octanol–water partition coefficient (Wildman–Crippen LogP) is 2.93. The molecule has 1 aromatic rings. The van der Waals surface area contributed by atoms with Gasteiger partial charge in [-0.2, -0.15) is 0 Å². The lowest BCUT2D eigenvalue weighted by molar-refractivity contribution is -0.142. The molecule has 2 N–H and O–H groups in total. The van der Waals surface area contributed by atoms with E-state index >= 15 is 0 Å². The summed E-state index contributed by atoms with van der Waals surface area (Å²) >= 11 is 0. The van der Waals surface area contributed by atoms with Crippen LogP contribution in [0.5, 0.6) is 0 Å². The van der Waals surface area contributed by atoms with Crippen LogP contribution >= 0.6 is 0 Å². The maximum Gasteiger partial charge on any atom is 0.246 e. The van der Waals surface area contributed by atoms with Crippen molar-refractivity contribution in [2.75, 3.05) is 44.7 Å². The Labute approximate surface area is 243 Å². The number of ether oxygens (including phenoxy) is 2. The van der Waals surface area contributed by atoms with E-state index < -0.39 is 29.6 Å². The van der Waals surface area contributed by atoms with Crippen LogP contribution in [-0.2, 0) is 23.9 Å². The molecule has 0 radical (unpaired) electrons. The molecule has 4 aliphatic heterocycles. The number of nitrogens with one attached hydrogen (secondary N) is 2. The Balaban J connectivity index is 1.25. The summed E-state index contributed by atoms with van der Waals surface area (Å²) in [4.78, 5) is 46.0. The maximum absolute atomic E-state index is 14.2. The second-order valence-corrected chi connectivity index (χ2v) is 12.8. The van der Waals surface area contributed by atoms with E-state index in [-0.39, 0.29) is 23.8 Å². The lowest BCUT2D eigenvalue weighted by Crippen LogP contribution is -2.58. The third kappa shape index (κ3) is 5.21. The highest BCUT2D eigenvalue weighted by atomic mass is 16.5. The number of amides is 3. The van der Waals surface area contributed by atoms with Crippen molar-refractivity contribution in [1.82, 2.24) is 15.1 Å². The number of likely N-dealkylation sites (tertiary alicyclic amines) is 1. The van der Waals surface area contributed by atoms with Crippen molar-refractivity contribution in [1.29, 1.82) is 0 Å². The van der Waals surface area contributed by atoms with E-state index in [2.05, 4.69) is 36.3 Å². The molecule has 222 valence electrons. The van der Waals surface area contributed by atoms with Gasteiger partial charge < -0.3 is 25.0 Å². The number of rotatable bonds is 8. The molecule has 3 amide bonds. The molecule has 4 heterocycles. The zero-order valence-electron chi connectivity index (χ0n) is 24.5. The molecular formula is C32H44N4O5. The fraction of sp³-hybridized carbons (Fsp3) is 0.656. The van der Waals surface area contributed by atoms with Crippen LogP contribution in [-0.4, -0.2) is 90.7 Å². The van der Waals surface area contributed by atoms with Gasteiger partial charge in [0.05, 0.1) is 31.2 Å². The van der Waals surface area contributed by atoms with Gasteiger partial charge in [0.25, 0.3) is 0 Å². The van der Waals surface area contributed by atoms with Gasteiger partial charge in [-0.05, 0) is 42.4 Å². The SMILES string of the molecule is CC(C)c1ccc(NC(=O)C2[C@@H]3C=CC4(O3)C(C(=O)NC3CCCCC3C)N(CCN3CCOCC3)C(=O)[C@H]24)cc1. The molecule has 0 aromatic heterocycles. The second-order valence-electron chi connectivity index (χ2n) is 12.8. The van der Waals surface area contributed by atoms with Crippen LogP contribution in [0.25, 0.3) is 0 Å². The van der Waals surface area contributed by atoms with Crippen molar-refractivity contribution in [2.24, 2.45) is 17.8 Å². The Morgan fingerprint density at radius 1 is 1.05 bits per heavy atom. The van der Waals surface area contributed by atoms with Crippen molar-refractivity contribution in [2.45, 2.75) is 76.2 Å². The van der Waals surface area contributed by atoms with Crippen molar-refractivity contribution >= 4 is 23.4 Å². The molecule has 7 atom stereocenters. The Bertz CT molecular complexity index is 1180. The van der Waals surface area contributed by atoms with E-state index in [1.54, 1.807) is 4.90 Å². The molecule has 1 aromatic carbocycles. The summed E-state index contributed by atoms with van der Waals surface area (Å²) < 4.78 is 12.0. The van der Waals surface area contributed by atoms with E-state index in [0.717, 1.165) is 32.4 Å².